The second kappa shape index (κ2) is 10.9. The zero-order valence-electron chi connectivity index (χ0n) is 17.6. The number of anilines is 1. The van der Waals surface area contributed by atoms with Gasteiger partial charge in [-0.2, -0.15) is 0 Å². The normalized spacial score (nSPS) is 13.9. The third kappa shape index (κ3) is 5.89. The van der Waals surface area contributed by atoms with Crippen LogP contribution >= 0.6 is 12.4 Å². The van der Waals surface area contributed by atoms with Crippen molar-refractivity contribution in [2.45, 2.75) is 26.2 Å². The van der Waals surface area contributed by atoms with E-state index in [4.69, 9.17) is 10.5 Å². The van der Waals surface area contributed by atoms with Crippen LogP contribution in [-0.2, 0) is 11.2 Å². The number of amides is 2. The van der Waals surface area contributed by atoms with Gasteiger partial charge in [0, 0.05) is 43.9 Å². The molecule has 0 spiro atoms. The van der Waals surface area contributed by atoms with Crippen LogP contribution in [0, 0.1) is 6.92 Å². The number of rotatable bonds is 5. The lowest BCUT2D eigenvalue weighted by Crippen LogP contribution is -2.37. The summed E-state index contributed by atoms with van der Waals surface area (Å²) < 4.78 is 5.16. The number of ether oxygens (including phenoxy) is 1. The fourth-order valence-electron chi connectivity index (χ4n) is 3.61. The Morgan fingerprint density at radius 1 is 1.00 bits per heavy atom. The van der Waals surface area contributed by atoms with Crippen LogP contribution in [0.15, 0.2) is 42.5 Å². The molecule has 162 valence electrons. The molecule has 0 aromatic heterocycles. The molecule has 1 aliphatic heterocycles. The third-order valence-electron chi connectivity index (χ3n) is 5.41. The number of nitrogens with two attached hydrogens (primary N) is 1. The molecule has 1 heterocycles. The molecule has 0 atom stereocenters. The second-order valence-corrected chi connectivity index (χ2v) is 7.45. The highest BCUT2D eigenvalue weighted by atomic mass is 35.5. The van der Waals surface area contributed by atoms with E-state index in [1.165, 1.54) is 0 Å². The minimum Gasteiger partial charge on any atom is -0.497 e. The molecular weight excluding hydrogens is 402 g/mol. The lowest BCUT2D eigenvalue weighted by Gasteiger charge is -2.23. The summed E-state index contributed by atoms with van der Waals surface area (Å²) in [6.07, 6.45) is 1.94. The van der Waals surface area contributed by atoms with Crippen LogP contribution in [0.1, 0.15) is 34.3 Å². The van der Waals surface area contributed by atoms with Gasteiger partial charge in [-0.25, -0.2) is 0 Å². The monoisotopic (exact) mass is 431 g/mol. The Hall–Kier alpha value is -2.73. The van der Waals surface area contributed by atoms with Gasteiger partial charge in [-0.1, -0.05) is 18.2 Å². The molecule has 3 rings (SSSR count). The Bertz CT molecular complexity index is 870. The fourth-order valence-corrected chi connectivity index (χ4v) is 3.61. The maximum Gasteiger partial charge on any atom is 0.254 e. The molecule has 2 N–H and O–H groups in total. The topological polar surface area (TPSA) is 75.9 Å². The number of carbonyl (C=O) groups is 2. The zero-order chi connectivity index (χ0) is 20.8. The number of aryl methyl sites for hydroxylation is 2. The molecule has 0 radical (unpaired) electrons. The second-order valence-electron chi connectivity index (χ2n) is 7.45. The van der Waals surface area contributed by atoms with Gasteiger partial charge in [0.1, 0.15) is 5.75 Å². The fraction of sp³-hybridized carbons (Fsp3) is 0.391. The number of carbonyl (C=O) groups excluding carboxylic acids is 2. The summed E-state index contributed by atoms with van der Waals surface area (Å²) in [5, 5.41) is 0. The van der Waals surface area contributed by atoms with Gasteiger partial charge in [-0.3, -0.25) is 9.59 Å². The molecule has 2 aromatic carbocycles. The molecule has 1 fully saturated rings. The summed E-state index contributed by atoms with van der Waals surface area (Å²) >= 11 is 0. The first-order valence-electron chi connectivity index (χ1n) is 10.0. The number of hydrogen-bond donors (Lipinski definition) is 1. The van der Waals surface area contributed by atoms with Crippen LogP contribution in [0.2, 0.25) is 0 Å². The van der Waals surface area contributed by atoms with Crippen LogP contribution in [0.3, 0.4) is 0 Å². The first-order chi connectivity index (χ1) is 14.0. The average molecular weight is 432 g/mol. The molecule has 1 saturated heterocycles. The number of methoxy groups -OCH3 is 1. The van der Waals surface area contributed by atoms with Gasteiger partial charge < -0.3 is 20.3 Å². The maximum atomic E-state index is 12.9. The summed E-state index contributed by atoms with van der Waals surface area (Å²) in [6.45, 7) is 4.35. The Morgan fingerprint density at radius 3 is 2.37 bits per heavy atom. The highest BCUT2D eigenvalue weighted by molar-refractivity contribution is 5.96. The van der Waals surface area contributed by atoms with Crippen molar-refractivity contribution in [3.8, 4) is 5.75 Å². The number of hydrogen-bond acceptors (Lipinski definition) is 4. The summed E-state index contributed by atoms with van der Waals surface area (Å²) in [6, 6.07) is 13.2. The Labute approximate surface area is 184 Å². The van der Waals surface area contributed by atoms with E-state index in [0.717, 1.165) is 23.3 Å². The van der Waals surface area contributed by atoms with Crippen molar-refractivity contribution < 1.29 is 14.3 Å². The first-order valence-corrected chi connectivity index (χ1v) is 10.0. The highest BCUT2D eigenvalue weighted by Gasteiger charge is 2.23. The van der Waals surface area contributed by atoms with Crippen LogP contribution in [0.4, 0.5) is 5.69 Å². The predicted octanol–water partition coefficient (Wildman–Crippen LogP) is 3.31. The zero-order valence-corrected chi connectivity index (χ0v) is 18.4. The highest BCUT2D eigenvalue weighted by Crippen LogP contribution is 2.17. The lowest BCUT2D eigenvalue weighted by molar-refractivity contribution is -0.131. The van der Waals surface area contributed by atoms with Crippen molar-refractivity contribution in [2.24, 2.45) is 0 Å². The first kappa shape index (κ1) is 23.5. The lowest BCUT2D eigenvalue weighted by atomic mass is 10.1. The van der Waals surface area contributed by atoms with Crippen molar-refractivity contribution in [2.75, 3.05) is 39.0 Å². The SMILES string of the molecule is COc1ccc(CCC(=O)N2CCCN(C(=O)c3cc(N)ccc3C)CC2)cc1.Cl. The largest absolute Gasteiger partial charge is 0.497 e. The predicted molar refractivity (Wildman–Crippen MR) is 121 cm³/mol. The minimum absolute atomic E-state index is 0. The van der Waals surface area contributed by atoms with Crippen molar-refractivity contribution in [1.29, 1.82) is 0 Å². The Morgan fingerprint density at radius 2 is 1.67 bits per heavy atom. The molecule has 6 nitrogen and oxygen atoms in total. The molecule has 0 aliphatic carbocycles. The smallest absolute Gasteiger partial charge is 0.254 e. The third-order valence-corrected chi connectivity index (χ3v) is 5.41. The number of nitrogen functional groups attached to an aromatic ring is 1. The molecular formula is C23H30ClN3O3. The Balaban J connectivity index is 0.00000320. The van der Waals surface area contributed by atoms with Gasteiger partial charge in [-0.15, -0.1) is 12.4 Å². The van der Waals surface area contributed by atoms with E-state index in [2.05, 4.69) is 0 Å². The minimum atomic E-state index is -0.0117. The molecule has 0 saturated carbocycles. The van der Waals surface area contributed by atoms with Gasteiger partial charge in [0.2, 0.25) is 5.91 Å². The summed E-state index contributed by atoms with van der Waals surface area (Å²) in [4.78, 5) is 29.3. The van der Waals surface area contributed by atoms with Crippen molar-refractivity contribution in [3.63, 3.8) is 0 Å². The van der Waals surface area contributed by atoms with Crippen molar-refractivity contribution >= 4 is 29.9 Å². The molecule has 2 amide bonds. The quantitative estimate of drug-likeness (QED) is 0.737. The van der Waals surface area contributed by atoms with Crippen LogP contribution in [0.5, 0.6) is 5.75 Å². The van der Waals surface area contributed by atoms with E-state index in [1.54, 1.807) is 19.2 Å². The molecule has 0 unspecified atom stereocenters. The van der Waals surface area contributed by atoms with E-state index in [-0.39, 0.29) is 24.2 Å². The Kier molecular flexibility index (Phi) is 8.54. The number of nitrogens with zero attached hydrogens (tertiary/aromatic N) is 2. The van der Waals surface area contributed by atoms with Gasteiger partial charge in [0.05, 0.1) is 7.11 Å². The number of benzene rings is 2. The molecule has 0 bridgehead atoms. The van der Waals surface area contributed by atoms with Crippen molar-refractivity contribution in [1.82, 2.24) is 9.80 Å². The maximum absolute atomic E-state index is 12.9. The van der Waals surface area contributed by atoms with Gasteiger partial charge in [0.25, 0.3) is 5.91 Å². The van der Waals surface area contributed by atoms with E-state index < -0.39 is 0 Å². The molecule has 2 aromatic rings. The summed E-state index contributed by atoms with van der Waals surface area (Å²) in [7, 11) is 1.64. The standard InChI is InChI=1S/C23H29N3O3.ClH/c1-17-4-8-19(24)16-21(17)23(28)26-13-3-12-25(14-15-26)22(27)11-7-18-5-9-20(29-2)10-6-18;/h4-6,8-10,16H,3,7,11-15,24H2,1-2H3;1H. The average Bonchev–Trinajstić information content (AvgIpc) is 3.00. The molecule has 1 aliphatic rings. The number of halogens is 1. The summed E-state index contributed by atoms with van der Waals surface area (Å²) in [5.41, 5.74) is 9.12. The van der Waals surface area contributed by atoms with Gasteiger partial charge in [0.15, 0.2) is 0 Å². The molecule has 30 heavy (non-hydrogen) atoms. The van der Waals surface area contributed by atoms with Crippen LogP contribution in [0.25, 0.3) is 0 Å². The van der Waals surface area contributed by atoms with Crippen molar-refractivity contribution in [3.05, 3.63) is 59.2 Å². The van der Waals surface area contributed by atoms with Gasteiger partial charge >= 0.3 is 0 Å². The van der Waals surface area contributed by atoms with Gasteiger partial charge in [-0.05, 0) is 55.2 Å². The van der Waals surface area contributed by atoms with Crippen LogP contribution < -0.4 is 10.5 Å². The molecule has 7 heteroatoms. The van der Waals surface area contributed by atoms with E-state index in [0.29, 0.717) is 50.3 Å². The summed E-state index contributed by atoms with van der Waals surface area (Å²) in [5.74, 6) is 0.936. The van der Waals surface area contributed by atoms with E-state index in [1.807, 2.05) is 47.1 Å². The van der Waals surface area contributed by atoms with E-state index in [9.17, 15) is 9.59 Å². The van der Waals surface area contributed by atoms with Crippen LogP contribution in [-0.4, -0.2) is 54.9 Å². The van der Waals surface area contributed by atoms with E-state index >= 15 is 0 Å².